The molecule has 4 aromatic heterocycles. The monoisotopic (exact) mass is 1370 g/mol. The first-order chi connectivity index (χ1) is 45.0. The van der Waals surface area contributed by atoms with Gasteiger partial charge in [-0.3, -0.25) is 29.2 Å². The molecule has 0 amide bonds. The van der Waals surface area contributed by atoms with Crippen LogP contribution in [0.3, 0.4) is 0 Å². The van der Waals surface area contributed by atoms with E-state index in [0.717, 1.165) is 6.07 Å². The molecular formula is C60H82F2N8O20S3. The lowest BCUT2D eigenvalue weighted by molar-refractivity contribution is -0.140. The molecule has 2 saturated heterocycles. The average molecular weight is 1370 g/mol. The zero-order valence-electron chi connectivity index (χ0n) is 52.1. The molecule has 28 nitrogen and oxygen atoms in total. The number of rotatable bonds is 21. The summed E-state index contributed by atoms with van der Waals surface area (Å²) in [6, 6.07) is 11.2. The summed E-state index contributed by atoms with van der Waals surface area (Å²) in [7, 11) is 0. The minimum atomic E-state index is -1.30. The number of aromatic carboxylic acids is 4. The number of carbonyl (C=O) groups is 6. The number of nitrogens with zero attached hydrogens (tertiary/aromatic N) is 8. The van der Waals surface area contributed by atoms with Gasteiger partial charge in [0, 0.05) is 99.3 Å². The molecule has 0 aliphatic carbocycles. The second kappa shape index (κ2) is 45.3. The number of aromatic nitrogens is 4. The summed E-state index contributed by atoms with van der Waals surface area (Å²) in [6.07, 6.45) is 0. The fourth-order valence-electron chi connectivity index (χ4n) is 8.73. The second-order valence-corrected chi connectivity index (χ2v) is 22.9. The van der Waals surface area contributed by atoms with Crippen LogP contribution in [0.1, 0.15) is 78.6 Å². The zero-order valence-corrected chi connectivity index (χ0v) is 54.6. The molecule has 0 saturated carbocycles. The lowest BCUT2D eigenvalue weighted by Crippen LogP contribution is -2.33. The van der Waals surface area contributed by atoms with Crippen LogP contribution in [0.4, 0.5) is 8.28 Å². The highest BCUT2D eigenvalue weighted by Gasteiger charge is 2.20. The molecule has 0 bridgehead atoms. The molecule has 6 rings (SSSR count). The Labute approximate surface area is 550 Å². The molecular weight excluding hydrogens is 1290 g/mol. The third-order valence-electron chi connectivity index (χ3n) is 13.1. The molecule has 0 aromatic carbocycles. The highest BCUT2D eigenvalue weighted by Crippen LogP contribution is 2.24. The van der Waals surface area contributed by atoms with Crippen molar-refractivity contribution in [2.24, 2.45) is 0 Å². The van der Waals surface area contributed by atoms with Crippen molar-refractivity contribution >= 4 is 71.5 Å². The van der Waals surface area contributed by atoms with Gasteiger partial charge in [0.15, 0.2) is 5.69 Å². The van der Waals surface area contributed by atoms with E-state index in [1.165, 1.54) is 53.9 Å². The van der Waals surface area contributed by atoms with Crippen molar-refractivity contribution in [1.82, 2.24) is 39.5 Å². The van der Waals surface area contributed by atoms with Crippen molar-refractivity contribution < 1.29 is 105 Å². The molecule has 6 heterocycles. The summed E-state index contributed by atoms with van der Waals surface area (Å²) in [5.41, 5.74) is 1.02. The number of esters is 2. The van der Waals surface area contributed by atoms with E-state index in [9.17, 15) is 57.5 Å². The van der Waals surface area contributed by atoms with Crippen molar-refractivity contribution in [3.05, 3.63) is 99.9 Å². The number of ether oxygens (including phenoxy) is 10. The van der Waals surface area contributed by atoms with Crippen LogP contribution in [-0.2, 0) is 83.1 Å². The largest absolute Gasteiger partial charge is 0.477 e. The molecule has 514 valence electrons. The summed E-state index contributed by atoms with van der Waals surface area (Å²) in [6.45, 7) is 15.1. The number of halogens is 2. The van der Waals surface area contributed by atoms with Crippen molar-refractivity contribution in [3.8, 4) is 0 Å². The van der Waals surface area contributed by atoms with Gasteiger partial charge in [-0.2, -0.15) is 3.89 Å². The quantitative estimate of drug-likeness (QED) is 0.0634. The van der Waals surface area contributed by atoms with Crippen LogP contribution in [0, 0.1) is 5.82 Å². The van der Waals surface area contributed by atoms with Gasteiger partial charge in [0.2, 0.25) is 0 Å². The molecule has 0 atom stereocenters. The predicted molar refractivity (Wildman–Crippen MR) is 334 cm³/mol. The minimum Gasteiger partial charge on any atom is -0.477 e. The zero-order chi connectivity index (χ0) is 67.0. The van der Waals surface area contributed by atoms with Gasteiger partial charge in [-0.1, -0.05) is 0 Å². The lowest BCUT2D eigenvalue weighted by atomic mass is 10.2. The van der Waals surface area contributed by atoms with Crippen molar-refractivity contribution in [1.29, 1.82) is 0 Å². The molecule has 0 unspecified atom stereocenters. The maximum absolute atomic E-state index is 13.9. The molecule has 2 fully saturated rings. The number of thioether (sulfide) groups is 2. The Balaban J connectivity index is 0.000000337. The van der Waals surface area contributed by atoms with Crippen LogP contribution >= 0.6 is 35.7 Å². The maximum atomic E-state index is 13.9. The summed E-state index contributed by atoms with van der Waals surface area (Å²) in [4.78, 5) is 96.0. The van der Waals surface area contributed by atoms with Gasteiger partial charge in [0.25, 0.3) is 0 Å². The highest BCUT2D eigenvalue weighted by atomic mass is 32.2. The minimum absolute atomic E-state index is 0.0289. The number of hydrogen-bond donors (Lipinski definition) is 4. The Morgan fingerprint density at radius 1 is 0.398 bits per heavy atom. The molecule has 2 aliphatic heterocycles. The molecule has 0 radical (unpaired) electrons. The van der Waals surface area contributed by atoms with E-state index in [1.54, 1.807) is 26.0 Å². The van der Waals surface area contributed by atoms with Crippen molar-refractivity contribution in [2.75, 3.05) is 183 Å². The lowest BCUT2D eigenvalue weighted by Gasteiger charge is -2.23. The molecule has 93 heavy (non-hydrogen) atoms. The molecule has 2 aliphatic rings. The summed E-state index contributed by atoms with van der Waals surface area (Å²) in [5.74, 6) is -6.15. The van der Waals surface area contributed by atoms with Crippen LogP contribution in [0.15, 0.2) is 63.2 Å². The van der Waals surface area contributed by atoms with Gasteiger partial charge in [0.1, 0.15) is 22.9 Å². The van der Waals surface area contributed by atoms with E-state index >= 15 is 0 Å². The molecule has 33 heteroatoms. The van der Waals surface area contributed by atoms with E-state index in [0.29, 0.717) is 210 Å². The summed E-state index contributed by atoms with van der Waals surface area (Å²) >= 11 is 2.36. The highest BCUT2D eigenvalue weighted by molar-refractivity contribution is 8.00. The standard InChI is InChI=1S/C30H41FN4O10S2.C30H41FN4O10S/c1-2-45-28(36)21-46-24-15-22(32-26(17-24)29(37)38)19-34-3-7-41-11-13-43-9-5-35(6-10-44-14-12-42-8-4-34)20-23-16-25(47-31)18-27(33-23)30(39)40;1-2-45-28(36)21-46-25-17-24(33-27(18-25)30(39)40)20-35-5-9-43-13-11-41-7-3-34(4-8-42-12-14-44-10-6-35)19-23-15-22(31)16-26(32-23)29(37)38/h15-18H,2-14,19-21H2,1H3,(H,37,38)(H,39,40);15-18H,2-14,19-21H2,1H3,(H,37,38)(H,39,40). The number of pyridine rings is 4. The van der Waals surface area contributed by atoms with Crippen LogP contribution in [-0.4, -0.2) is 279 Å². The third-order valence-corrected chi connectivity index (χ3v) is 15.4. The topological polar surface area (TPSA) is 340 Å². The second-order valence-electron chi connectivity index (χ2n) is 20.2. The number of hydrogen-bond acceptors (Lipinski definition) is 27. The van der Waals surface area contributed by atoms with Crippen molar-refractivity contribution in [2.45, 2.75) is 54.7 Å². The molecule has 0 spiro atoms. The fourth-order valence-corrected chi connectivity index (χ4v) is 10.6. The Kier molecular flexibility index (Phi) is 37.7. The van der Waals surface area contributed by atoms with E-state index in [4.69, 9.17) is 47.4 Å². The van der Waals surface area contributed by atoms with Gasteiger partial charge >= 0.3 is 35.8 Å². The summed E-state index contributed by atoms with van der Waals surface area (Å²) < 4.78 is 83.2. The third kappa shape index (κ3) is 32.7. The van der Waals surface area contributed by atoms with Crippen LogP contribution in [0.2, 0.25) is 0 Å². The first-order valence-electron chi connectivity index (χ1n) is 30.0. The van der Waals surface area contributed by atoms with E-state index < -0.39 is 29.7 Å². The van der Waals surface area contributed by atoms with Gasteiger partial charge in [-0.05, 0) is 56.3 Å². The van der Waals surface area contributed by atoms with Gasteiger partial charge in [-0.25, -0.2) is 43.5 Å². The maximum Gasteiger partial charge on any atom is 0.354 e. The van der Waals surface area contributed by atoms with Gasteiger partial charge in [0.05, 0.1) is 165 Å². The Bertz CT molecular complexity index is 2910. The Morgan fingerprint density at radius 2 is 0.645 bits per heavy atom. The first-order valence-corrected chi connectivity index (χ1v) is 32.7. The van der Waals surface area contributed by atoms with E-state index in [1.807, 2.05) is 14.7 Å². The van der Waals surface area contributed by atoms with Crippen LogP contribution in [0.5, 0.6) is 0 Å². The fraction of sp³-hybridized carbons (Fsp3) is 0.567. The van der Waals surface area contributed by atoms with Crippen molar-refractivity contribution in [3.63, 3.8) is 0 Å². The number of carboxylic acid groups (broad SMARTS) is 4. The summed E-state index contributed by atoms with van der Waals surface area (Å²) in [5, 5.41) is 37.7. The first kappa shape index (κ1) is 77.6. The number of carboxylic acids is 4. The van der Waals surface area contributed by atoms with Gasteiger partial charge < -0.3 is 67.8 Å². The molecule has 4 aromatic rings. The van der Waals surface area contributed by atoms with E-state index in [2.05, 4.69) is 24.8 Å². The van der Waals surface area contributed by atoms with E-state index in [-0.39, 0.29) is 83.0 Å². The number of carbonyl (C=O) groups excluding carboxylic acids is 2. The normalized spacial score (nSPS) is 17.0. The Morgan fingerprint density at radius 3 is 0.903 bits per heavy atom. The smallest absolute Gasteiger partial charge is 0.354 e. The molecule has 4 N–H and O–H groups in total. The van der Waals surface area contributed by atoms with Gasteiger partial charge in [-0.15, -0.1) is 23.5 Å². The van der Waals surface area contributed by atoms with Crippen LogP contribution < -0.4 is 0 Å². The average Bonchev–Trinajstić information content (AvgIpc) is 2.93. The predicted octanol–water partition coefficient (Wildman–Crippen LogP) is 4.94. The Hall–Kier alpha value is -6.15. The van der Waals surface area contributed by atoms with Crippen LogP contribution in [0.25, 0.3) is 0 Å². The SMILES string of the molecule is CCOC(=O)CSc1cc(CN2CCOCCOCCN(Cc3cc(F)cc(C(=O)O)n3)CCOCCOCC2)nc(C(=O)O)c1.CCOC(=O)CSc1cc(CN2CCOCCOCCN(Cc3cc(SF)cc(C(=O)O)n3)CCOCCOCC2)nc(C(=O)O)c1.